The van der Waals surface area contributed by atoms with Crippen molar-refractivity contribution < 1.29 is 18.7 Å². The van der Waals surface area contributed by atoms with Crippen LogP contribution in [0.3, 0.4) is 0 Å². The van der Waals surface area contributed by atoms with Crippen LogP contribution in [-0.2, 0) is 14.3 Å². The zero-order chi connectivity index (χ0) is 15.0. The van der Waals surface area contributed by atoms with Crippen molar-refractivity contribution in [1.82, 2.24) is 4.90 Å². The Morgan fingerprint density at radius 3 is 2.52 bits per heavy atom. The topological polar surface area (TPSA) is 46.6 Å². The number of nitrogens with zero attached hydrogens (tertiary/aromatic N) is 1. The van der Waals surface area contributed by atoms with Crippen molar-refractivity contribution >= 4 is 23.6 Å². The van der Waals surface area contributed by atoms with Crippen molar-refractivity contribution in [3.8, 4) is 0 Å². The third-order valence-corrected chi connectivity index (χ3v) is 5.13. The molecule has 1 saturated heterocycles. The van der Waals surface area contributed by atoms with Crippen molar-refractivity contribution in [3.05, 3.63) is 35.6 Å². The van der Waals surface area contributed by atoms with Gasteiger partial charge in [-0.15, -0.1) is 11.8 Å². The minimum absolute atomic E-state index is 0.00438. The lowest BCUT2D eigenvalue weighted by atomic mass is 10.1. The number of methoxy groups -OCH3 is 1. The molecule has 0 radical (unpaired) electrons. The van der Waals surface area contributed by atoms with E-state index in [1.54, 1.807) is 17.0 Å². The van der Waals surface area contributed by atoms with Crippen LogP contribution in [0.15, 0.2) is 24.3 Å². The summed E-state index contributed by atoms with van der Waals surface area (Å²) in [6.45, 7) is 0. The van der Waals surface area contributed by atoms with Gasteiger partial charge in [0.1, 0.15) is 17.2 Å². The van der Waals surface area contributed by atoms with Gasteiger partial charge in [0.15, 0.2) is 0 Å². The highest BCUT2D eigenvalue weighted by Crippen LogP contribution is 2.45. The summed E-state index contributed by atoms with van der Waals surface area (Å²) in [7, 11) is 1.33. The van der Waals surface area contributed by atoms with Crippen LogP contribution in [-0.4, -0.2) is 35.7 Å². The van der Waals surface area contributed by atoms with Gasteiger partial charge in [-0.2, -0.15) is 0 Å². The first-order valence-corrected chi connectivity index (χ1v) is 7.93. The number of halogens is 1. The van der Waals surface area contributed by atoms with Crippen LogP contribution in [0.1, 0.15) is 23.8 Å². The molecular formula is C15H16FNO3S. The lowest BCUT2D eigenvalue weighted by Crippen LogP contribution is -2.44. The number of amides is 1. The fraction of sp³-hybridized carbons (Fsp3) is 0.467. The monoisotopic (exact) mass is 309 g/mol. The highest BCUT2D eigenvalue weighted by atomic mass is 32.2. The van der Waals surface area contributed by atoms with E-state index in [0.717, 1.165) is 18.4 Å². The SMILES string of the molecule is COC(=O)C1CSC(c2ccc(F)cc2)N1C(=O)C1CC1. The number of carbonyl (C=O) groups excluding carboxylic acids is 2. The molecule has 1 aromatic carbocycles. The van der Waals surface area contributed by atoms with Gasteiger partial charge in [0.05, 0.1) is 7.11 Å². The second-order valence-electron chi connectivity index (χ2n) is 5.30. The Hall–Kier alpha value is -1.56. The molecule has 2 aliphatic rings. The first-order chi connectivity index (χ1) is 10.1. The fourth-order valence-electron chi connectivity index (χ4n) is 2.52. The summed E-state index contributed by atoms with van der Waals surface area (Å²) in [5.74, 6) is -0.163. The Labute approximate surface area is 126 Å². The number of hydrogen-bond acceptors (Lipinski definition) is 4. The van der Waals surface area contributed by atoms with Crippen molar-refractivity contribution in [2.24, 2.45) is 5.92 Å². The Morgan fingerprint density at radius 1 is 1.29 bits per heavy atom. The number of benzene rings is 1. The van der Waals surface area contributed by atoms with Crippen LogP contribution in [0.4, 0.5) is 4.39 Å². The fourth-order valence-corrected chi connectivity index (χ4v) is 3.94. The van der Waals surface area contributed by atoms with E-state index >= 15 is 0 Å². The molecule has 1 aromatic rings. The minimum Gasteiger partial charge on any atom is -0.467 e. The standard InChI is InChI=1S/C15H16FNO3S/c1-20-15(19)12-8-21-14(10-4-6-11(16)7-5-10)17(12)13(18)9-2-3-9/h4-7,9,12,14H,2-3,8H2,1H3. The molecule has 2 fully saturated rings. The summed E-state index contributed by atoms with van der Waals surface area (Å²) in [6.07, 6.45) is 1.76. The van der Waals surface area contributed by atoms with Crippen molar-refractivity contribution in [1.29, 1.82) is 0 Å². The molecule has 3 rings (SSSR count). The van der Waals surface area contributed by atoms with Crippen LogP contribution >= 0.6 is 11.8 Å². The summed E-state index contributed by atoms with van der Waals surface area (Å²) < 4.78 is 17.9. The van der Waals surface area contributed by atoms with E-state index in [2.05, 4.69) is 0 Å². The molecule has 21 heavy (non-hydrogen) atoms. The zero-order valence-electron chi connectivity index (χ0n) is 11.6. The van der Waals surface area contributed by atoms with Gasteiger partial charge in [-0.25, -0.2) is 9.18 Å². The zero-order valence-corrected chi connectivity index (χ0v) is 12.4. The largest absolute Gasteiger partial charge is 0.467 e. The van der Waals surface area contributed by atoms with Crippen LogP contribution < -0.4 is 0 Å². The molecule has 0 aromatic heterocycles. The molecule has 1 saturated carbocycles. The van der Waals surface area contributed by atoms with Gasteiger partial charge in [0, 0.05) is 11.7 Å². The van der Waals surface area contributed by atoms with Crippen LogP contribution in [0.5, 0.6) is 0 Å². The number of rotatable bonds is 3. The number of ether oxygens (including phenoxy) is 1. The van der Waals surface area contributed by atoms with Crippen LogP contribution in [0, 0.1) is 11.7 Å². The molecule has 1 amide bonds. The summed E-state index contributed by atoms with van der Waals surface area (Å²) >= 11 is 1.52. The summed E-state index contributed by atoms with van der Waals surface area (Å²) in [4.78, 5) is 26.1. The predicted octanol–water partition coefficient (Wildman–Crippen LogP) is 2.35. The van der Waals surface area contributed by atoms with E-state index in [1.165, 1.54) is 31.0 Å². The normalized spacial score (nSPS) is 25.0. The van der Waals surface area contributed by atoms with E-state index in [1.807, 2.05) is 0 Å². The Morgan fingerprint density at radius 2 is 1.95 bits per heavy atom. The number of hydrogen-bond donors (Lipinski definition) is 0. The molecule has 0 N–H and O–H groups in total. The van der Waals surface area contributed by atoms with E-state index in [-0.39, 0.29) is 29.0 Å². The molecular weight excluding hydrogens is 293 g/mol. The number of esters is 1. The summed E-state index contributed by atoms with van der Waals surface area (Å²) in [6, 6.07) is 5.53. The van der Waals surface area contributed by atoms with Gasteiger partial charge in [-0.1, -0.05) is 12.1 Å². The van der Waals surface area contributed by atoms with Crippen molar-refractivity contribution in [2.75, 3.05) is 12.9 Å². The Balaban J connectivity index is 1.89. The molecule has 0 bridgehead atoms. The van der Waals surface area contributed by atoms with Gasteiger partial charge in [0.25, 0.3) is 0 Å². The van der Waals surface area contributed by atoms with E-state index < -0.39 is 6.04 Å². The third-order valence-electron chi connectivity index (χ3n) is 3.81. The predicted molar refractivity (Wildman–Crippen MR) is 77.0 cm³/mol. The smallest absolute Gasteiger partial charge is 0.329 e. The Kier molecular flexibility index (Phi) is 3.89. The highest BCUT2D eigenvalue weighted by Gasteiger charge is 2.47. The van der Waals surface area contributed by atoms with Gasteiger partial charge in [-0.05, 0) is 30.5 Å². The molecule has 1 aliphatic carbocycles. The molecule has 112 valence electrons. The molecule has 1 aliphatic heterocycles. The van der Waals surface area contributed by atoms with Crippen LogP contribution in [0.2, 0.25) is 0 Å². The van der Waals surface area contributed by atoms with E-state index in [4.69, 9.17) is 4.74 Å². The maximum absolute atomic E-state index is 13.1. The molecule has 2 atom stereocenters. The molecule has 4 nitrogen and oxygen atoms in total. The van der Waals surface area contributed by atoms with Gasteiger partial charge >= 0.3 is 5.97 Å². The van der Waals surface area contributed by atoms with Crippen LogP contribution in [0.25, 0.3) is 0 Å². The van der Waals surface area contributed by atoms with Gasteiger partial charge in [0.2, 0.25) is 5.91 Å². The molecule has 1 heterocycles. The summed E-state index contributed by atoms with van der Waals surface area (Å²) in [5, 5.41) is -0.247. The second kappa shape index (κ2) is 5.67. The quantitative estimate of drug-likeness (QED) is 0.804. The van der Waals surface area contributed by atoms with Crippen molar-refractivity contribution in [2.45, 2.75) is 24.3 Å². The lowest BCUT2D eigenvalue weighted by molar-refractivity contribution is -0.152. The third kappa shape index (κ3) is 2.77. The molecule has 6 heteroatoms. The van der Waals surface area contributed by atoms with Crippen molar-refractivity contribution in [3.63, 3.8) is 0 Å². The maximum Gasteiger partial charge on any atom is 0.329 e. The molecule has 0 spiro atoms. The summed E-state index contributed by atoms with van der Waals surface area (Å²) in [5.41, 5.74) is 0.835. The first kappa shape index (κ1) is 14.4. The average Bonchev–Trinajstić information content (AvgIpc) is 3.25. The van der Waals surface area contributed by atoms with Gasteiger partial charge in [-0.3, -0.25) is 4.79 Å². The minimum atomic E-state index is -0.553. The Bertz CT molecular complexity index is 559. The maximum atomic E-state index is 13.1. The first-order valence-electron chi connectivity index (χ1n) is 6.89. The molecule has 2 unspecified atom stereocenters. The van der Waals surface area contributed by atoms with E-state index in [9.17, 15) is 14.0 Å². The van der Waals surface area contributed by atoms with Gasteiger partial charge < -0.3 is 9.64 Å². The highest BCUT2D eigenvalue weighted by molar-refractivity contribution is 7.99. The number of thioether (sulfide) groups is 1. The second-order valence-corrected chi connectivity index (χ2v) is 6.41. The average molecular weight is 309 g/mol. The van der Waals surface area contributed by atoms with E-state index in [0.29, 0.717) is 5.75 Å². The lowest BCUT2D eigenvalue weighted by Gasteiger charge is -2.28. The number of carbonyl (C=O) groups is 2.